The van der Waals surface area contributed by atoms with E-state index < -0.39 is 18.5 Å². The molecule has 33 heavy (non-hydrogen) atoms. The number of aliphatic carboxylic acids is 1. The maximum absolute atomic E-state index is 13.1. The molecule has 2 N–H and O–H groups in total. The summed E-state index contributed by atoms with van der Waals surface area (Å²) in [5, 5.41) is 18.5. The number of rotatable bonds is 9. The number of hydrogen-bond acceptors (Lipinski definition) is 5. The van der Waals surface area contributed by atoms with Crippen LogP contribution in [-0.4, -0.2) is 41.2 Å². The van der Waals surface area contributed by atoms with Gasteiger partial charge in [0.05, 0.1) is 9.35 Å². The van der Waals surface area contributed by atoms with Crippen molar-refractivity contribution in [2.24, 2.45) is 11.8 Å². The van der Waals surface area contributed by atoms with E-state index in [1.807, 2.05) is 43.0 Å². The van der Waals surface area contributed by atoms with Crippen molar-refractivity contribution < 1.29 is 29.3 Å². The summed E-state index contributed by atoms with van der Waals surface area (Å²) < 4.78 is 5.65. The summed E-state index contributed by atoms with van der Waals surface area (Å²) in [5.41, 5.74) is 1.49. The highest BCUT2D eigenvalue weighted by Gasteiger charge is 2.27. The molecule has 178 valence electrons. The zero-order chi connectivity index (χ0) is 24.1. The second-order valence-electron chi connectivity index (χ2n) is 8.55. The van der Waals surface area contributed by atoms with Gasteiger partial charge in [-0.25, -0.2) is 9.59 Å². The number of nitrogens with zero attached hydrogens (tertiary/aromatic N) is 1. The highest BCUT2D eigenvalue weighted by atomic mass is 79.9. The average Bonchev–Trinajstić information content (AvgIpc) is 3.12. The van der Waals surface area contributed by atoms with Gasteiger partial charge in [-0.2, -0.15) is 0 Å². The second-order valence-corrected chi connectivity index (χ2v) is 10.4. The molecular formula is C24H28BrNO6S. The van der Waals surface area contributed by atoms with Crippen LogP contribution in [0.15, 0.2) is 28.7 Å². The summed E-state index contributed by atoms with van der Waals surface area (Å²) in [6.45, 7) is 3.80. The number of carboxylic acids is 2. The summed E-state index contributed by atoms with van der Waals surface area (Å²) >= 11 is 4.40. The van der Waals surface area contributed by atoms with Crippen LogP contribution < -0.4 is 9.64 Å². The van der Waals surface area contributed by atoms with E-state index in [-0.39, 0.29) is 22.5 Å². The van der Waals surface area contributed by atoms with E-state index in [1.165, 1.54) is 19.3 Å². The first-order chi connectivity index (χ1) is 15.7. The highest BCUT2D eigenvalue weighted by molar-refractivity contribution is 9.10. The molecule has 9 heteroatoms. The van der Waals surface area contributed by atoms with Crippen LogP contribution >= 0.6 is 27.3 Å². The molecule has 2 aromatic rings. The molecule has 1 fully saturated rings. The SMILES string of the molecule is CC(C)C(=O)N(CC1CCCCC1)c1cccc(-c2sc(C(=O)O)c(OCC(=O)O)c2Br)c1. The molecule has 1 saturated carbocycles. The predicted octanol–water partition coefficient (Wildman–Crippen LogP) is 5.91. The van der Waals surface area contributed by atoms with E-state index in [2.05, 4.69) is 15.9 Å². The Hall–Kier alpha value is -2.39. The first kappa shape index (κ1) is 25.2. The number of halogens is 1. The van der Waals surface area contributed by atoms with Crippen molar-refractivity contribution >= 4 is 50.8 Å². The number of ether oxygens (including phenoxy) is 1. The lowest BCUT2D eigenvalue weighted by Crippen LogP contribution is -2.38. The number of benzene rings is 1. The number of carboxylic acid groups (broad SMARTS) is 2. The Labute approximate surface area is 205 Å². The number of anilines is 1. The third-order valence-electron chi connectivity index (χ3n) is 5.69. The molecule has 1 aromatic carbocycles. The Morgan fingerprint density at radius 2 is 1.88 bits per heavy atom. The minimum Gasteiger partial charge on any atom is -0.479 e. The summed E-state index contributed by atoms with van der Waals surface area (Å²) in [4.78, 5) is 38.1. The smallest absolute Gasteiger partial charge is 0.349 e. The van der Waals surface area contributed by atoms with Crippen LogP contribution in [0.1, 0.15) is 55.6 Å². The van der Waals surface area contributed by atoms with E-state index in [1.54, 1.807) is 0 Å². The average molecular weight is 538 g/mol. The van der Waals surface area contributed by atoms with Crippen molar-refractivity contribution in [1.29, 1.82) is 0 Å². The van der Waals surface area contributed by atoms with Crippen LogP contribution in [0.4, 0.5) is 5.69 Å². The number of amides is 1. The lowest BCUT2D eigenvalue weighted by atomic mass is 9.88. The molecule has 0 atom stereocenters. The van der Waals surface area contributed by atoms with Crippen LogP contribution in [0, 0.1) is 11.8 Å². The first-order valence-corrected chi connectivity index (χ1v) is 12.6. The summed E-state index contributed by atoms with van der Waals surface area (Å²) in [6, 6.07) is 7.46. The van der Waals surface area contributed by atoms with Gasteiger partial charge in [0.25, 0.3) is 0 Å². The zero-order valence-corrected chi connectivity index (χ0v) is 21.1. The number of carbonyl (C=O) groups is 3. The van der Waals surface area contributed by atoms with E-state index >= 15 is 0 Å². The molecule has 7 nitrogen and oxygen atoms in total. The molecule has 1 heterocycles. The normalized spacial score (nSPS) is 14.3. The number of aromatic carboxylic acids is 1. The van der Waals surface area contributed by atoms with Gasteiger partial charge in [-0.1, -0.05) is 45.2 Å². The Kier molecular flexibility index (Phi) is 8.53. The monoisotopic (exact) mass is 537 g/mol. The highest BCUT2D eigenvalue weighted by Crippen LogP contribution is 2.46. The molecule has 0 bridgehead atoms. The fraction of sp³-hybridized carbons (Fsp3) is 0.458. The molecule has 1 amide bonds. The molecule has 0 spiro atoms. The Morgan fingerprint density at radius 1 is 1.18 bits per heavy atom. The molecule has 1 aromatic heterocycles. The Bertz CT molecular complexity index is 1030. The molecule has 0 radical (unpaired) electrons. The summed E-state index contributed by atoms with van der Waals surface area (Å²) in [7, 11) is 0. The lowest BCUT2D eigenvalue weighted by molar-refractivity contribution is -0.139. The van der Waals surface area contributed by atoms with E-state index in [9.17, 15) is 19.5 Å². The maximum Gasteiger partial charge on any atom is 0.349 e. The molecule has 0 unspecified atom stereocenters. The Balaban J connectivity index is 1.98. The van der Waals surface area contributed by atoms with Gasteiger partial charge in [0.15, 0.2) is 17.2 Å². The maximum atomic E-state index is 13.1. The fourth-order valence-electron chi connectivity index (χ4n) is 4.06. The number of thiophene rings is 1. The molecule has 0 aliphatic heterocycles. The second kappa shape index (κ2) is 11.2. The molecule has 3 rings (SSSR count). The van der Waals surface area contributed by atoms with E-state index in [4.69, 9.17) is 9.84 Å². The van der Waals surface area contributed by atoms with Gasteiger partial charge in [0, 0.05) is 18.2 Å². The van der Waals surface area contributed by atoms with Crippen molar-refractivity contribution in [3.8, 4) is 16.2 Å². The predicted molar refractivity (Wildman–Crippen MR) is 131 cm³/mol. The minimum absolute atomic E-state index is 0.00683. The van der Waals surface area contributed by atoms with Crippen LogP contribution in [0.2, 0.25) is 0 Å². The Morgan fingerprint density at radius 3 is 2.48 bits per heavy atom. The topological polar surface area (TPSA) is 104 Å². The molecule has 0 saturated heterocycles. The third-order valence-corrected chi connectivity index (χ3v) is 7.92. The zero-order valence-electron chi connectivity index (χ0n) is 18.7. The minimum atomic E-state index is -1.20. The fourth-order valence-corrected chi connectivity index (χ4v) is 5.95. The quantitative estimate of drug-likeness (QED) is 0.412. The van der Waals surface area contributed by atoms with Gasteiger partial charge in [0.1, 0.15) is 0 Å². The molecule has 1 aliphatic carbocycles. The largest absolute Gasteiger partial charge is 0.479 e. The van der Waals surface area contributed by atoms with Gasteiger partial charge in [-0.3, -0.25) is 4.79 Å². The van der Waals surface area contributed by atoms with Gasteiger partial charge < -0.3 is 19.8 Å². The van der Waals surface area contributed by atoms with Crippen molar-refractivity contribution in [3.05, 3.63) is 33.6 Å². The molecule has 1 aliphatic rings. The number of carbonyl (C=O) groups excluding carboxylic acids is 1. The van der Waals surface area contributed by atoms with Gasteiger partial charge in [-0.15, -0.1) is 11.3 Å². The first-order valence-electron chi connectivity index (χ1n) is 11.0. The van der Waals surface area contributed by atoms with Crippen molar-refractivity contribution in [2.75, 3.05) is 18.1 Å². The lowest BCUT2D eigenvalue weighted by Gasteiger charge is -2.31. The standard InChI is InChI=1S/C24H28BrNO6S/c1-14(2)23(29)26(12-15-7-4-3-5-8-15)17-10-6-9-16(11-17)21-19(25)20(32-13-18(27)28)22(33-21)24(30)31/h6,9-11,14-15H,3-5,7-8,12-13H2,1-2H3,(H,27,28)(H,30,31). The van der Waals surface area contributed by atoms with E-state index in [0.717, 1.165) is 35.4 Å². The van der Waals surface area contributed by atoms with Crippen LogP contribution in [-0.2, 0) is 9.59 Å². The number of hydrogen-bond donors (Lipinski definition) is 2. The van der Waals surface area contributed by atoms with Gasteiger partial charge in [0.2, 0.25) is 5.91 Å². The van der Waals surface area contributed by atoms with Crippen LogP contribution in [0.25, 0.3) is 10.4 Å². The van der Waals surface area contributed by atoms with Crippen LogP contribution in [0.3, 0.4) is 0 Å². The molecular weight excluding hydrogens is 510 g/mol. The van der Waals surface area contributed by atoms with Crippen LogP contribution in [0.5, 0.6) is 5.75 Å². The van der Waals surface area contributed by atoms with Crippen molar-refractivity contribution in [2.45, 2.75) is 46.0 Å². The summed E-state index contributed by atoms with van der Waals surface area (Å²) in [5.74, 6) is -2.03. The summed E-state index contributed by atoms with van der Waals surface area (Å²) in [6.07, 6.45) is 5.85. The van der Waals surface area contributed by atoms with E-state index in [0.29, 0.717) is 21.8 Å². The van der Waals surface area contributed by atoms with Gasteiger partial charge in [-0.05, 0) is 52.4 Å². The van der Waals surface area contributed by atoms with Crippen molar-refractivity contribution in [3.63, 3.8) is 0 Å². The van der Waals surface area contributed by atoms with Gasteiger partial charge >= 0.3 is 11.9 Å². The van der Waals surface area contributed by atoms with Crippen molar-refractivity contribution in [1.82, 2.24) is 0 Å². The third kappa shape index (κ3) is 6.14.